The van der Waals surface area contributed by atoms with Crippen molar-refractivity contribution in [2.45, 2.75) is 13.0 Å². The first kappa shape index (κ1) is 12.3. The Morgan fingerprint density at radius 1 is 1.29 bits per heavy atom. The van der Waals surface area contributed by atoms with Crippen LogP contribution in [0.3, 0.4) is 0 Å². The fraction of sp³-hybridized carbons (Fsp3) is 0.545. The molecule has 0 aliphatic carbocycles. The molecule has 0 bridgehead atoms. The zero-order valence-corrected chi connectivity index (χ0v) is 10.3. The van der Waals surface area contributed by atoms with Crippen molar-refractivity contribution in [3.63, 3.8) is 0 Å². The molecule has 5 nitrogen and oxygen atoms in total. The van der Waals surface area contributed by atoms with Crippen LogP contribution in [0.2, 0.25) is 0 Å². The summed E-state index contributed by atoms with van der Waals surface area (Å²) in [5.41, 5.74) is 0. The molecule has 0 spiro atoms. The van der Waals surface area contributed by atoms with Crippen molar-refractivity contribution in [3.05, 3.63) is 23.7 Å². The zero-order chi connectivity index (χ0) is 12.3. The molecule has 0 atom stereocenters. The fourth-order valence-electron chi connectivity index (χ4n) is 1.91. The first-order valence-electron chi connectivity index (χ1n) is 5.56. The van der Waals surface area contributed by atoms with E-state index in [1.165, 1.54) is 0 Å². The predicted octanol–water partition coefficient (Wildman–Crippen LogP) is 0.713. The molecule has 0 N–H and O–H groups in total. The van der Waals surface area contributed by atoms with Gasteiger partial charge in [-0.05, 0) is 25.1 Å². The normalized spacial score (nSPS) is 20.9. The van der Waals surface area contributed by atoms with Gasteiger partial charge in [0.1, 0.15) is 5.76 Å². The Bertz CT molecular complexity index is 491. The Morgan fingerprint density at radius 2 is 2.12 bits per heavy atom. The summed E-state index contributed by atoms with van der Waals surface area (Å²) in [7, 11) is -2.87. The second-order valence-electron chi connectivity index (χ2n) is 4.20. The Balaban J connectivity index is 1.97. The minimum absolute atomic E-state index is 0.203. The highest BCUT2D eigenvalue weighted by atomic mass is 32.2. The molecule has 1 aromatic rings. The quantitative estimate of drug-likeness (QED) is 0.746. The first-order valence-corrected chi connectivity index (χ1v) is 7.38. The smallest absolute Gasteiger partial charge is 0.185 e. The Morgan fingerprint density at radius 3 is 2.82 bits per heavy atom. The summed E-state index contributed by atoms with van der Waals surface area (Å²) in [5, 5.41) is 0. The van der Waals surface area contributed by atoms with Crippen LogP contribution in [-0.2, 0) is 16.4 Å². The van der Waals surface area contributed by atoms with Crippen molar-refractivity contribution in [2.24, 2.45) is 0 Å². The molecule has 1 aromatic heterocycles. The van der Waals surface area contributed by atoms with E-state index in [1.807, 2.05) is 4.90 Å². The lowest BCUT2D eigenvalue weighted by molar-refractivity contribution is 0.109. The van der Waals surface area contributed by atoms with Crippen molar-refractivity contribution >= 4 is 16.1 Å². The van der Waals surface area contributed by atoms with E-state index in [-0.39, 0.29) is 11.5 Å². The molecule has 0 amide bonds. The van der Waals surface area contributed by atoms with Crippen LogP contribution in [0.15, 0.2) is 16.5 Å². The van der Waals surface area contributed by atoms with Crippen LogP contribution in [0, 0.1) is 0 Å². The Hall–Kier alpha value is -1.14. The van der Waals surface area contributed by atoms with Gasteiger partial charge in [0.2, 0.25) is 0 Å². The number of aldehydes is 1. The third kappa shape index (κ3) is 3.41. The van der Waals surface area contributed by atoms with Crippen LogP contribution in [-0.4, -0.2) is 44.2 Å². The molecule has 17 heavy (non-hydrogen) atoms. The maximum atomic E-state index is 11.4. The second kappa shape index (κ2) is 5.01. The fourth-order valence-corrected chi connectivity index (χ4v) is 3.22. The number of furan rings is 1. The van der Waals surface area contributed by atoms with Crippen LogP contribution in [0.25, 0.3) is 0 Å². The average molecular weight is 257 g/mol. The third-order valence-electron chi connectivity index (χ3n) is 2.83. The van der Waals surface area contributed by atoms with E-state index < -0.39 is 9.84 Å². The SMILES string of the molecule is O=Cc1ccc(CN2CCCS(=O)(=O)CC2)o1. The highest BCUT2D eigenvalue weighted by molar-refractivity contribution is 7.91. The van der Waals surface area contributed by atoms with Gasteiger partial charge in [-0.2, -0.15) is 0 Å². The largest absolute Gasteiger partial charge is 0.457 e. The van der Waals surface area contributed by atoms with Crippen molar-refractivity contribution < 1.29 is 17.6 Å². The van der Waals surface area contributed by atoms with Crippen LogP contribution < -0.4 is 0 Å². The van der Waals surface area contributed by atoms with E-state index in [2.05, 4.69) is 0 Å². The first-order chi connectivity index (χ1) is 8.09. The topological polar surface area (TPSA) is 67.6 Å². The molecule has 0 saturated carbocycles. The number of hydrogen-bond donors (Lipinski definition) is 0. The van der Waals surface area contributed by atoms with Gasteiger partial charge in [0.25, 0.3) is 0 Å². The molecule has 0 aromatic carbocycles. The molecular formula is C11H15NO4S. The molecular weight excluding hydrogens is 242 g/mol. The highest BCUT2D eigenvalue weighted by Gasteiger charge is 2.19. The number of sulfone groups is 1. The minimum atomic E-state index is -2.87. The Labute approximate surface area is 100 Å². The minimum Gasteiger partial charge on any atom is -0.457 e. The summed E-state index contributed by atoms with van der Waals surface area (Å²) in [4.78, 5) is 12.5. The molecule has 1 saturated heterocycles. The molecule has 6 heteroatoms. The van der Waals surface area contributed by atoms with E-state index in [4.69, 9.17) is 4.42 Å². The molecule has 1 aliphatic rings. The monoisotopic (exact) mass is 257 g/mol. The molecule has 94 valence electrons. The second-order valence-corrected chi connectivity index (χ2v) is 6.51. The zero-order valence-electron chi connectivity index (χ0n) is 9.46. The predicted molar refractivity (Wildman–Crippen MR) is 62.6 cm³/mol. The summed E-state index contributed by atoms with van der Waals surface area (Å²) in [6, 6.07) is 3.38. The van der Waals surface area contributed by atoms with Crippen molar-refractivity contribution in [1.82, 2.24) is 4.90 Å². The lowest BCUT2D eigenvalue weighted by Crippen LogP contribution is -2.26. The number of rotatable bonds is 3. The third-order valence-corrected chi connectivity index (χ3v) is 4.54. The van der Waals surface area contributed by atoms with E-state index in [0.29, 0.717) is 37.3 Å². The highest BCUT2D eigenvalue weighted by Crippen LogP contribution is 2.12. The summed E-state index contributed by atoms with van der Waals surface area (Å²) >= 11 is 0. The summed E-state index contributed by atoms with van der Waals surface area (Å²) in [5.74, 6) is 1.48. The lowest BCUT2D eigenvalue weighted by atomic mass is 10.3. The van der Waals surface area contributed by atoms with Crippen LogP contribution in [0.5, 0.6) is 0 Å². The van der Waals surface area contributed by atoms with Crippen LogP contribution >= 0.6 is 0 Å². The maximum Gasteiger partial charge on any atom is 0.185 e. The summed E-state index contributed by atoms with van der Waals surface area (Å²) < 4.78 is 28.1. The molecule has 1 fully saturated rings. The van der Waals surface area contributed by atoms with Gasteiger partial charge in [-0.1, -0.05) is 0 Å². The average Bonchev–Trinajstić information content (AvgIpc) is 2.66. The molecule has 0 unspecified atom stereocenters. The van der Waals surface area contributed by atoms with Gasteiger partial charge in [-0.25, -0.2) is 8.42 Å². The molecule has 2 rings (SSSR count). The molecule has 1 aliphatic heterocycles. The molecule has 0 radical (unpaired) electrons. The van der Waals surface area contributed by atoms with Gasteiger partial charge in [-0.3, -0.25) is 9.69 Å². The van der Waals surface area contributed by atoms with Gasteiger partial charge in [0.15, 0.2) is 21.9 Å². The van der Waals surface area contributed by atoms with E-state index in [0.717, 1.165) is 6.54 Å². The van der Waals surface area contributed by atoms with E-state index >= 15 is 0 Å². The number of carbonyl (C=O) groups excluding carboxylic acids is 1. The van der Waals surface area contributed by atoms with Gasteiger partial charge in [-0.15, -0.1) is 0 Å². The van der Waals surface area contributed by atoms with Crippen molar-refractivity contribution in [2.75, 3.05) is 24.6 Å². The van der Waals surface area contributed by atoms with Gasteiger partial charge in [0, 0.05) is 6.54 Å². The standard InChI is InChI=1S/C11H15NO4S/c13-9-11-3-2-10(16-11)8-12-4-1-6-17(14,15)7-5-12/h2-3,9H,1,4-8H2. The van der Waals surface area contributed by atoms with Gasteiger partial charge < -0.3 is 4.42 Å². The molecule has 2 heterocycles. The van der Waals surface area contributed by atoms with Gasteiger partial charge >= 0.3 is 0 Å². The number of carbonyl (C=O) groups is 1. The summed E-state index contributed by atoms with van der Waals surface area (Å²) in [6.45, 7) is 1.83. The number of hydrogen-bond acceptors (Lipinski definition) is 5. The maximum absolute atomic E-state index is 11.4. The number of nitrogens with zero attached hydrogens (tertiary/aromatic N) is 1. The Kier molecular flexibility index (Phi) is 3.63. The summed E-state index contributed by atoms with van der Waals surface area (Å²) in [6.07, 6.45) is 1.32. The van der Waals surface area contributed by atoms with Crippen LogP contribution in [0.1, 0.15) is 22.7 Å². The lowest BCUT2D eigenvalue weighted by Gasteiger charge is -2.17. The van der Waals surface area contributed by atoms with Gasteiger partial charge in [0.05, 0.1) is 18.1 Å². The van der Waals surface area contributed by atoms with Crippen molar-refractivity contribution in [1.29, 1.82) is 0 Å². The van der Waals surface area contributed by atoms with Crippen molar-refractivity contribution in [3.8, 4) is 0 Å². The van der Waals surface area contributed by atoms with E-state index in [9.17, 15) is 13.2 Å². The van der Waals surface area contributed by atoms with Crippen LogP contribution in [0.4, 0.5) is 0 Å². The van der Waals surface area contributed by atoms with E-state index in [1.54, 1.807) is 12.1 Å².